The van der Waals surface area contributed by atoms with Crippen molar-refractivity contribution in [1.29, 1.82) is 0 Å². The number of carbonyl (C=O) groups is 1. The van der Waals surface area contributed by atoms with Crippen molar-refractivity contribution >= 4 is 5.97 Å². The van der Waals surface area contributed by atoms with Crippen molar-refractivity contribution in [2.75, 3.05) is 0 Å². The Morgan fingerprint density at radius 1 is 1.62 bits per heavy atom. The van der Waals surface area contributed by atoms with Gasteiger partial charge in [0.15, 0.2) is 6.11 Å². The van der Waals surface area contributed by atoms with Crippen LogP contribution in [0.15, 0.2) is 0 Å². The second kappa shape index (κ2) is 4.00. The molecule has 0 fully saturated rings. The summed E-state index contributed by atoms with van der Waals surface area (Å²) >= 11 is 0. The van der Waals surface area contributed by atoms with E-state index in [-0.39, 0.29) is 0 Å². The van der Waals surface area contributed by atoms with Crippen molar-refractivity contribution in [3.63, 3.8) is 0 Å². The Kier molecular flexibility index (Phi) is 3.42. The fourth-order valence-electron chi connectivity index (χ4n) is 0.121. The number of rotatable bonds is 1. The molecule has 3 heteroatoms. The highest BCUT2D eigenvalue weighted by molar-refractivity contribution is 5.65. The molecule has 0 aliphatic rings. The molecule has 0 rings (SSSR count). The van der Waals surface area contributed by atoms with Crippen LogP contribution in [0, 0.1) is 12.0 Å². The van der Waals surface area contributed by atoms with Gasteiger partial charge in [-0.15, -0.1) is 0 Å². The van der Waals surface area contributed by atoms with Gasteiger partial charge >= 0.3 is 5.97 Å². The van der Waals surface area contributed by atoms with Gasteiger partial charge in [-0.05, 0) is 0 Å². The summed E-state index contributed by atoms with van der Waals surface area (Å²) in [6.07, 6.45) is 2.09. The summed E-state index contributed by atoms with van der Waals surface area (Å²) in [6.45, 7) is 2.81. The van der Waals surface area contributed by atoms with Gasteiger partial charge < -0.3 is 0 Å². The molecule has 0 saturated carbocycles. The van der Waals surface area contributed by atoms with Crippen LogP contribution in [0.1, 0.15) is 13.8 Å². The summed E-state index contributed by atoms with van der Waals surface area (Å²) in [5, 5.41) is 0. The standard InChI is InChI=1S/C5H6O3/c1-3-4-7-8-5(2)6/h1-2H3. The van der Waals surface area contributed by atoms with Crippen LogP contribution in [-0.2, 0) is 14.6 Å². The molecule has 3 nitrogen and oxygen atoms in total. The molecule has 44 valence electrons. The molecule has 0 unspecified atom stereocenters. The minimum absolute atomic E-state index is 0.507. The van der Waals surface area contributed by atoms with Crippen LogP contribution in [0.25, 0.3) is 0 Å². The van der Waals surface area contributed by atoms with Crippen LogP contribution in [0.3, 0.4) is 0 Å². The Morgan fingerprint density at radius 2 is 2.25 bits per heavy atom. The topological polar surface area (TPSA) is 35.5 Å². The van der Waals surface area contributed by atoms with Crippen molar-refractivity contribution < 1.29 is 14.6 Å². The Hall–Kier alpha value is -1.17. The van der Waals surface area contributed by atoms with Gasteiger partial charge in [-0.25, -0.2) is 14.6 Å². The van der Waals surface area contributed by atoms with Crippen LogP contribution in [0.4, 0.5) is 0 Å². The van der Waals surface area contributed by atoms with E-state index in [1.54, 1.807) is 6.92 Å². The van der Waals surface area contributed by atoms with E-state index < -0.39 is 5.97 Å². The lowest BCUT2D eigenvalue weighted by Gasteiger charge is -1.88. The van der Waals surface area contributed by atoms with Gasteiger partial charge in [0.05, 0.1) is 0 Å². The first-order valence-corrected chi connectivity index (χ1v) is 2.03. The zero-order chi connectivity index (χ0) is 6.41. The monoisotopic (exact) mass is 114 g/mol. The summed E-state index contributed by atoms with van der Waals surface area (Å²) in [6, 6.07) is 0. The fraction of sp³-hybridized carbons (Fsp3) is 0.400. The summed E-state index contributed by atoms with van der Waals surface area (Å²) < 4.78 is 0. The Bertz CT molecular complexity index is 128. The highest BCUT2D eigenvalue weighted by atomic mass is 17.2. The highest BCUT2D eigenvalue weighted by Crippen LogP contribution is 1.74. The van der Waals surface area contributed by atoms with E-state index in [1.807, 2.05) is 0 Å². The zero-order valence-corrected chi connectivity index (χ0v) is 4.72. The molecular weight excluding hydrogens is 108 g/mol. The number of carbonyl (C=O) groups excluding carboxylic acids is 1. The van der Waals surface area contributed by atoms with Gasteiger partial charge in [0.1, 0.15) is 0 Å². The van der Waals surface area contributed by atoms with Crippen LogP contribution >= 0.6 is 0 Å². The molecule has 0 aliphatic heterocycles. The average Bonchev–Trinajstić information content (AvgIpc) is 1.66. The van der Waals surface area contributed by atoms with E-state index in [2.05, 4.69) is 21.8 Å². The van der Waals surface area contributed by atoms with Gasteiger partial charge in [0.25, 0.3) is 0 Å². The molecule has 0 atom stereocenters. The van der Waals surface area contributed by atoms with Gasteiger partial charge in [0, 0.05) is 13.8 Å². The predicted octanol–water partition coefficient (Wildman–Crippen LogP) is 0.462. The maximum absolute atomic E-state index is 9.90. The molecular formula is C5H6O3. The van der Waals surface area contributed by atoms with E-state index in [0.717, 1.165) is 0 Å². The maximum Gasteiger partial charge on any atom is 0.353 e. The summed E-state index contributed by atoms with van der Waals surface area (Å²) in [4.78, 5) is 17.9. The third kappa shape index (κ3) is 4.83. The summed E-state index contributed by atoms with van der Waals surface area (Å²) in [5.41, 5.74) is 0. The lowest BCUT2D eigenvalue weighted by Crippen LogP contribution is -1.94. The molecule has 0 aromatic rings. The zero-order valence-electron chi connectivity index (χ0n) is 4.72. The number of hydrogen-bond acceptors (Lipinski definition) is 3. The highest BCUT2D eigenvalue weighted by Gasteiger charge is 1.86. The van der Waals surface area contributed by atoms with Crippen molar-refractivity contribution in [3.05, 3.63) is 0 Å². The van der Waals surface area contributed by atoms with E-state index in [4.69, 9.17) is 0 Å². The summed E-state index contributed by atoms with van der Waals surface area (Å²) in [7, 11) is 0. The summed E-state index contributed by atoms with van der Waals surface area (Å²) in [5.74, 6) is 1.87. The largest absolute Gasteiger partial charge is 0.353 e. The Balaban J connectivity index is 3.14. The van der Waals surface area contributed by atoms with E-state index in [9.17, 15) is 4.79 Å². The fourth-order valence-corrected chi connectivity index (χ4v) is 0.121. The third-order valence-corrected chi connectivity index (χ3v) is 0.303. The lowest BCUT2D eigenvalue weighted by molar-refractivity contribution is -0.227. The molecule has 0 aliphatic carbocycles. The van der Waals surface area contributed by atoms with Crippen LogP contribution in [-0.4, -0.2) is 5.97 Å². The first-order valence-electron chi connectivity index (χ1n) is 2.03. The SMILES string of the molecule is CC#COOC(C)=O. The van der Waals surface area contributed by atoms with E-state index in [1.165, 1.54) is 6.92 Å². The maximum atomic E-state index is 9.90. The molecule has 0 aromatic carbocycles. The molecule has 0 saturated heterocycles. The van der Waals surface area contributed by atoms with Crippen LogP contribution in [0.2, 0.25) is 0 Å². The average molecular weight is 114 g/mol. The van der Waals surface area contributed by atoms with Crippen LogP contribution in [0.5, 0.6) is 0 Å². The molecule has 0 bridgehead atoms. The Morgan fingerprint density at radius 3 is 2.62 bits per heavy atom. The lowest BCUT2D eigenvalue weighted by atomic mass is 10.8. The molecule has 8 heavy (non-hydrogen) atoms. The number of hydrogen-bond donors (Lipinski definition) is 0. The molecule has 0 aromatic heterocycles. The van der Waals surface area contributed by atoms with Gasteiger partial charge in [-0.1, -0.05) is 5.92 Å². The van der Waals surface area contributed by atoms with E-state index in [0.29, 0.717) is 0 Å². The Labute approximate surface area is 47.5 Å². The van der Waals surface area contributed by atoms with Crippen molar-refractivity contribution in [2.24, 2.45) is 0 Å². The smallest absolute Gasteiger partial charge is 0.248 e. The van der Waals surface area contributed by atoms with Crippen LogP contribution < -0.4 is 0 Å². The van der Waals surface area contributed by atoms with E-state index >= 15 is 0 Å². The molecule has 0 amide bonds. The first kappa shape index (κ1) is 6.83. The normalized spacial score (nSPS) is 6.25. The van der Waals surface area contributed by atoms with Gasteiger partial charge in [0.2, 0.25) is 0 Å². The third-order valence-electron chi connectivity index (χ3n) is 0.303. The molecule has 0 N–H and O–H groups in total. The minimum atomic E-state index is -0.507. The molecule has 0 spiro atoms. The van der Waals surface area contributed by atoms with Gasteiger partial charge in [-0.3, -0.25) is 0 Å². The van der Waals surface area contributed by atoms with Crippen molar-refractivity contribution in [2.45, 2.75) is 13.8 Å². The van der Waals surface area contributed by atoms with Crippen molar-refractivity contribution in [1.82, 2.24) is 0 Å². The van der Waals surface area contributed by atoms with Gasteiger partial charge in [-0.2, -0.15) is 0 Å². The van der Waals surface area contributed by atoms with Crippen molar-refractivity contribution in [3.8, 4) is 12.0 Å². The second-order valence-corrected chi connectivity index (χ2v) is 1.01. The minimum Gasteiger partial charge on any atom is -0.248 e. The molecule has 0 radical (unpaired) electrons. The second-order valence-electron chi connectivity index (χ2n) is 1.01. The molecule has 0 heterocycles. The first-order chi connectivity index (χ1) is 3.77. The predicted molar refractivity (Wildman–Crippen MR) is 26.3 cm³/mol. The quantitative estimate of drug-likeness (QED) is 0.282.